The first-order valence-electron chi connectivity index (χ1n) is 9.30. The summed E-state index contributed by atoms with van der Waals surface area (Å²) in [6, 6.07) is 5.57. The van der Waals surface area contributed by atoms with Gasteiger partial charge in [-0.2, -0.15) is 0 Å². The molecule has 8 heteroatoms. The van der Waals surface area contributed by atoms with Crippen molar-refractivity contribution >= 4 is 11.8 Å². The standard InChI is InChI=1S/C20H24N4O4/c1-3-7-24(20(26)16-12-21-14(2)10-22-16)8-6-19(25)23-11-15-4-5-17-18(9-15)28-13-27-17/h4-5,9-10,12H,3,6-8,11,13H2,1-2H3,(H,23,25). The molecule has 2 aromatic rings. The number of rotatable bonds is 8. The van der Waals surface area contributed by atoms with Gasteiger partial charge in [0.2, 0.25) is 12.7 Å². The van der Waals surface area contributed by atoms with Gasteiger partial charge in [0.15, 0.2) is 11.5 Å². The Morgan fingerprint density at radius 1 is 1.14 bits per heavy atom. The van der Waals surface area contributed by atoms with E-state index in [0.29, 0.717) is 36.8 Å². The van der Waals surface area contributed by atoms with E-state index < -0.39 is 0 Å². The number of nitrogens with zero attached hydrogens (tertiary/aromatic N) is 3. The van der Waals surface area contributed by atoms with Crippen LogP contribution in [0.1, 0.15) is 41.5 Å². The molecule has 8 nitrogen and oxygen atoms in total. The van der Waals surface area contributed by atoms with Gasteiger partial charge in [-0.05, 0) is 31.0 Å². The third-order valence-electron chi connectivity index (χ3n) is 4.32. The molecule has 0 fully saturated rings. The maximum absolute atomic E-state index is 12.6. The summed E-state index contributed by atoms with van der Waals surface area (Å²) in [6.07, 6.45) is 4.05. The number of hydrogen-bond donors (Lipinski definition) is 1. The van der Waals surface area contributed by atoms with Crippen LogP contribution in [0.4, 0.5) is 0 Å². The number of aryl methyl sites for hydroxylation is 1. The number of aromatic nitrogens is 2. The summed E-state index contributed by atoms with van der Waals surface area (Å²) in [5, 5.41) is 2.87. The summed E-state index contributed by atoms with van der Waals surface area (Å²) in [4.78, 5) is 34.7. The minimum absolute atomic E-state index is 0.124. The molecular weight excluding hydrogens is 360 g/mol. The zero-order valence-corrected chi connectivity index (χ0v) is 16.1. The summed E-state index contributed by atoms with van der Waals surface area (Å²) < 4.78 is 10.6. The highest BCUT2D eigenvalue weighted by molar-refractivity contribution is 5.92. The molecule has 28 heavy (non-hydrogen) atoms. The first kappa shape index (κ1) is 19.6. The first-order chi connectivity index (χ1) is 13.6. The number of amides is 2. The van der Waals surface area contributed by atoms with Crippen molar-refractivity contribution in [2.24, 2.45) is 0 Å². The van der Waals surface area contributed by atoms with E-state index >= 15 is 0 Å². The highest BCUT2D eigenvalue weighted by atomic mass is 16.7. The van der Waals surface area contributed by atoms with Gasteiger partial charge in [-0.25, -0.2) is 4.98 Å². The largest absolute Gasteiger partial charge is 0.454 e. The molecule has 0 unspecified atom stereocenters. The van der Waals surface area contributed by atoms with E-state index in [-0.39, 0.29) is 25.0 Å². The molecule has 0 radical (unpaired) electrons. The monoisotopic (exact) mass is 384 g/mol. The fourth-order valence-electron chi connectivity index (χ4n) is 2.83. The molecule has 0 atom stereocenters. The lowest BCUT2D eigenvalue weighted by molar-refractivity contribution is -0.121. The number of benzene rings is 1. The van der Waals surface area contributed by atoms with Crippen LogP contribution in [0.5, 0.6) is 11.5 Å². The Kier molecular flexibility index (Phi) is 6.41. The SMILES string of the molecule is CCCN(CCC(=O)NCc1ccc2c(c1)OCO2)C(=O)c1cnc(C)cn1. The molecule has 2 heterocycles. The summed E-state index contributed by atoms with van der Waals surface area (Å²) >= 11 is 0. The average molecular weight is 384 g/mol. The molecule has 0 bridgehead atoms. The lowest BCUT2D eigenvalue weighted by Gasteiger charge is -2.21. The Morgan fingerprint density at radius 2 is 1.96 bits per heavy atom. The molecule has 1 aromatic carbocycles. The Hall–Kier alpha value is -3.16. The van der Waals surface area contributed by atoms with Gasteiger partial charge in [0.05, 0.1) is 11.9 Å². The summed E-state index contributed by atoms with van der Waals surface area (Å²) in [6.45, 7) is 5.30. The van der Waals surface area contributed by atoms with Crippen LogP contribution < -0.4 is 14.8 Å². The molecule has 3 rings (SSSR count). The fraction of sp³-hybridized carbons (Fsp3) is 0.400. The van der Waals surface area contributed by atoms with Crippen molar-refractivity contribution in [1.29, 1.82) is 0 Å². The Balaban J connectivity index is 1.50. The van der Waals surface area contributed by atoms with Crippen molar-refractivity contribution in [3.05, 3.63) is 47.5 Å². The first-order valence-corrected chi connectivity index (χ1v) is 9.30. The van der Waals surface area contributed by atoms with Gasteiger partial charge in [-0.1, -0.05) is 13.0 Å². The van der Waals surface area contributed by atoms with Crippen LogP contribution in [0.15, 0.2) is 30.6 Å². The fourth-order valence-corrected chi connectivity index (χ4v) is 2.83. The molecule has 1 aliphatic rings. The smallest absolute Gasteiger partial charge is 0.274 e. The predicted octanol–water partition coefficient (Wildman–Crippen LogP) is 2.07. The minimum atomic E-state index is -0.210. The second-order valence-corrected chi connectivity index (χ2v) is 6.55. The van der Waals surface area contributed by atoms with E-state index in [9.17, 15) is 9.59 Å². The highest BCUT2D eigenvalue weighted by Crippen LogP contribution is 2.32. The molecule has 1 aliphatic heterocycles. The van der Waals surface area contributed by atoms with Crippen LogP contribution in [-0.2, 0) is 11.3 Å². The second-order valence-electron chi connectivity index (χ2n) is 6.55. The van der Waals surface area contributed by atoms with Gasteiger partial charge in [-0.15, -0.1) is 0 Å². The Bertz CT molecular complexity index is 839. The summed E-state index contributed by atoms with van der Waals surface area (Å²) in [5.74, 6) is 1.06. The topological polar surface area (TPSA) is 93.7 Å². The maximum atomic E-state index is 12.6. The van der Waals surface area contributed by atoms with Crippen molar-refractivity contribution < 1.29 is 19.1 Å². The Labute approximate surface area is 163 Å². The number of carbonyl (C=O) groups is 2. The molecule has 0 aliphatic carbocycles. The van der Waals surface area contributed by atoms with Gasteiger partial charge in [0, 0.05) is 32.3 Å². The zero-order chi connectivity index (χ0) is 19.9. The highest BCUT2D eigenvalue weighted by Gasteiger charge is 2.18. The van der Waals surface area contributed by atoms with Crippen LogP contribution in [-0.4, -0.2) is 46.6 Å². The molecule has 2 amide bonds. The molecule has 0 saturated heterocycles. The van der Waals surface area contributed by atoms with Crippen molar-refractivity contribution in [1.82, 2.24) is 20.2 Å². The number of fused-ring (bicyclic) bond motifs is 1. The van der Waals surface area contributed by atoms with E-state index in [1.54, 1.807) is 11.1 Å². The summed E-state index contributed by atoms with van der Waals surface area (Å²) in [7, 11) is 0. The lowest BCUT2D eigenvalue weighted by Crippen LogP contribution is -2.36. The van der Waals surface area contributed by atoms with Crippen LogP contribution in [0.25, 0.3) is 0 Å². The molecular formula is C20H24N4O4. The van der Waals surface area contributed by atoms with Crippen LogP contribution in [0.3, 0.4) is 0 Å². The van der Waals surface area contributed by atoms with Crippen molar-refractivity contribution in [3.8, 4) is 11.5 Å². The van der Waals surface area contributed by atoms with E-state index in [2.05, 4.69) is 15.3 Å². The number of ether oxygens (including phenoxy) is 2. The molecule has 148 valence electrons. The zero-order valence-electron chi connectivity index (χ0n) is 16.1. The van der Waals surface area contributed by atoms with Crippen molar-refractivity contribution in [2.75, 3.05) is 19.9 Å². The number of nitrogens with one attached hydrogen (secondary N) is 1. The van der Waals surface area contributed by atoms with Gasteiger partial charge in [0.1, 0.15) is 5.69 Å². The van der Waals surface area contributed by atoms with Gasteiger partial charge in [0.25, 0.3) is 5.91 Å². The van der Waals surface area contributed by atoms with Crippen molar-refractivity contribution in [3.63, 3.8) is 0 Å². The molecule has 0 spiro atoms. The van der Waals surface area contributed by atoms with E-state index in [1.165, 1.54) is 6.20 Å². The van der Waals surface area contributed by atoms with Crippen LogP contribution in [0, 0.1) is 6.92 Å². The second kappa shape index (κ2) is 9.16. The van der Waals surface area contributed by atoms with E-state index in [4.69, 9.17) is 9.47 Å². The van der Waals surface area contributed by atoms with E-state index in [0.717, 1.165) is 17.7 Å². The third-order valence-corrected chi connectivity index (χ3v) is 4.32. The van der Waals surface area contributed by atoms with Crippen LogP contribution in [0.2, 0.25) is 0 Å². The maximum Gasteiger partial charge on any atom is 0.274 e. The number of hydrogen-bond acceptors (Lipinski definition) is 6. The van der Waals surface area contributed by atoms with Gasteiger partial charge in [-0.3, -0.25) is 14.6 Å². The van der Waals surface area contributed by atoms with Gasteiger partial charge < -0.3 is 19.7 Å². The van der Waals surface area contributed by atoms with Crippen molar-refractivity contribution in [2.45, 2.75) is 33.2 Å². The third kappa shape index (κ3) is 4.97. The quantitative estimate of drug-likeness (QED) is 0.749. The van der Waals surface area contributed by atoms with Crippen LogP contribution >= 0.6 is 0 Å². The molecule has 1 N–H and O–H groups in total. The van der Waals surface area contributed by atoms with E-state index in [1.807, 2.05) is 32.0 Å². The number of carbonyl (C=O) groups excluding carboxylic acids is 2. The van der Waals surface area contributed by atoms with Gasteiger partial charge >= 0.3 is 0 Å². The Morgan fingerprint density at radius 3 is 2.71 bits per heavy atom. The predicted molar refractivity (Wildman–Crippen MR) is 102 cm³/mol. The molecule has 1 aromatic heterocycles. The summed E-state index contributed by atoms with van der Waals surface area (Å²) in [5.41, 5.74) is 1.97. The molecule has 0 saturated carbocycles. The normalized spacial score (nSPS) is 11.9. The minimum Gasteiger partial charge on any atom is -0.454 e. The lowest BCUT2D eigenvalue weighted by atomic mass is 10.2. The average Bonchev–Trinajstić information content (AvgIpc) is 3.17.